The van der Waals surface area contributed by atoms with Crippen molar-refractivity contribution in [3.63, 3.8) is 0 Å². The highest BCUT2D eigenvalue weighted by Crippen LogP contribution is 2.17. The first-order chi connectivity index (χ1) is 7.03. The maximum atomic E-state index is 11.4. The Hall–Kier alpha value is -0.610. The van der Waals surface area contributed by atoms with E-state index in [2.05, 4.69) is 31.0 Å². The molecular formula is C11H25N3O. The number of amides is 1. The third-order valence-corrected chi connectivity index (χ3v) is 3.07. The first kappa shape index (κ1) is 14.4. The lowest BCUT2D eigenvalue weighted by molar-refractivity contribution is -0.123. The third-order valence-electron chi connectivity index (χ3n) is 3.07. The summed E-state index contributed by atoms with van der Waals surface area (Å²) < 4.78 is 0. The molecule has 1 amide bonds. The fourth-order valence-corrected chi connectivity index (χ4v) is 1.56. The molecule has 3 N–H and O–H groups in total. The Morgan fingerprint density at radius 1 is 1.47 bits per heavy atom. The van der Waals surface area contributed by atoms with Crippen LogP contribution < -0.4 is 11.1 Å². The van der Waals surface area contributed by atoms with Crippen LogP contribution in [-0.2, 0) is 4.79 Å². The Balaban J connectivity index is 4.54. The molecule has 0 heterocycles. The lowest BCUT2D eigenvalue weighted by Gasteiger charge is -2.39. The molecule has 1 atom stereocenters. The van der Waals surface area contributed by atoms with Crippen LogP contribution >= 0.6 is 0 Å². The van der Waals surface area contributed by atoms with Crippen molar-refractivity contribution in [3.05, 3.63) is 0 Å². The summed E-state index contributed by atoms with van der Waals surface area (Å²) in [5.41, 5.74) is 5.73. The molecule has 0 spiro atoms. The van der Waals surface area contributed by atoms with E-state index in [4.69, 9.17) is 5.73 Å². The summed E-state index contributed by atoms with van der Waals surface area (Å²) in [4.78, 5) is 13.6. The Morgan fingerprint density at radius 2 is 2.07 bits per heavy atom. The van der Waals surface area contributed by atoms with E-state index in [0.29, 0.717) is 13.1 Å². The van der Waals surface area contributed by atoms with E-state index in [9.17, 15) is 4.79 Å². The van der Waals surface area contributed by atoms with Crippen molar-refractivity contribution in [1.29, 1.82) is 0 Å². The average Bonchev–Trinajstić information content (AvgIpc) is 2.27. The predicted octanol–water partition coefficient (Wildman–Crippen LogP) is 0.572. The van der Waals surface area contributed by atoms with Gasteiger partial charge in [-0.15, -0.1) is 0 Å². The minimum atomic E-state index is -0.0669. The molecule has 0 aliphatic carbocycles. The van der Waals surface area contributed by atoms with Gasteiger partial charge in [-0.05, 0) is 26.3 Å². The highest BCUT2D eigenvalue weighted by Gasteiger charge is 2.29. The van der Waals surface area contributed by atoms with Gasteiger partial charge in [0.15, 0.2) is 0 Å². The number of hydrogen-bond donors (Lipinski definition) is 2. The maximum Gasteiger partial charge on any atom is 0.233 e. The largest absolute Gasteiger partial charge is 0.358 e. The van der Waals surface area contributed by atoms with Gasteiger partial charge in [0.25, 0.3) is 0 Å². The molecule has 90 valence electrons. The van der Waals surface area contributed by atoms with E-state index in [0.717, 1.165) is 19.4 Å². The summed E-state index contributed by atoms with van der Waals surface area (Å²) in [5.74, 6) is 0.0524. The van der Waals surface area contributed by atoms with Crippen molar-refractivity contribution in [3.8, 4) is 0 Å². The van der Waals surface area contributed by atoms with Crippen molar-refractivity contribution in [1.82, 2.24) is 10.2 Å². The fourth-order valence-electron chi connectivity index (χ4n) is 1.56. The van der Waals surface area contributed by atoms with Crippen LogP contribution in [0, 0.1) is 0 Å². The summed E-state index contributed by atoms with van der Waals surface area (Å²) in [6.45, 7) is 8.27. The van der Waals surface area contributed by atoms with E-state index in [-0.39, 0.29) is 11.4 Å². The number of rotatable bonds is 7. The summed E-state index contributed by atoms with van der Waals surface area (Å²) in [5, 5.41) is 2.65. The van der Waals surface area contributed by atoms with Gasteiger partial charge in [-0.3, -0.25) is 9.69 Å². The second-order valence-electron chi connectivity index (χ2n) is 4.15. The van der Waals surface area contributed by atoms with Crippen LogP contribution in [0.2, 0.25) is 0 Å². The molecule has 15 heavy (non-hydrogen) atoms. The van der Waals surface area contributed by atoms with Gasteiger partial charge in [-0.2, -0.15) is 0 Å². The van der Waals surface area contributed by atoms with Crippen molar-refractivity contribution in [2.24, 2.45) is 5.73 Å². The van der Waals surface area contributed by atoms with Crippen molar-refractivity contribution in [2.45, 2.75) is 39.2 Å². The molecule has 1 unspecified atom stereocenters. The standard InChI is InChI=1S/C11H25N3O/c1-5-7-14(8-10(15)13-4)11(3,6-2)9-12/h5-9,12H2,1-4H3,(H,13,15). The topological polar surface area (TPSA) is 58.4 Å². The van der Waals surface area contributed by atoms with E-state index in [1.807, 2.05) is 0 Å². The average molecular weight is 215 g/mol. The lowest BCUT2D eigenvalue weighted by Crippen LogP contribution is -2.54. The molecule has 0 aliphatic rings. The minimum Gasteiger partial charge on any atom is -0.358 e. The smallest absolute Gasteiger partial charge is 0.233 e. The zero-order valence-electron chi connectivity index (χ0n) is 10.5. The predicted molar refractivity (Wildman–Crippen MR) is 63.7 cm³/mol. The maximum absolute atomic E-state index is 11.4. The van der Waals surface area contributed by atoms with Crippen LogP contribution in [0.1, 0.15) is 33.6 Å². The molecule has 0 saturated carbocycles. The van der Waals surface area contributed by atoms with Crippen LogP contribution in [0.15, 0.2) is 0 Å². The molecule has 0 aliphatic heterocycles. The number of hydrogen-bond acceptors (Lipinski definition) is 3. The first-order valence-electron chi connectivity index (χ1n) is 5.69. The number of nitrogens with two attached hydrogens (primary N) is 1. The SMILES string of the molecule is CCCN(CC(=O)NC)C(C)(CC)CN. The molecule has 4 heteroatoms. The number of likely N-dealkylation sites (N-methyl/N-ethyl adjacent to an activating group) is 1. The molecule has 0 aromatic carbocycles. The second kappa shape index (κ2) is 6.80. The van der Waals surface area contributed by atoms with Crippen LogP contribution in [0.4, 0.5) is 0 Å². The van der Waals surface area contributed by atoms with E-state index >= 15 is 0 Å². The molecular weight excluding hydrogens is 190 g/mol. The van der Waals surface area contributed by atoms with E-state index < -0.39 is 0 Å². The highest BCUT2D eigenvalue weighted by atomic mass is 16.1. The number of carbonyl (C=O) groups excluding carboxylic acids is 1. The Kier molecular flexibility index (Phi) is 6.52. The zero-order valence-corrected chi connectivity index (χ0v) is 10.5. The third kappa shape index (κ3) is 4.18. The Labute approximate surface area is 93.2 Å². The van der Waals surface area contributed by atoms with Gasteiger partial charge in [-0.1, -0.05) is 13.8 Å². The summed E-state index contributed by atoms with van der Waals surface area (Å²) >= 11 is 0. The summed E-state index contributed by atoms with van der Waals surface area (Å²) in [6.07, 6.45) is 1.99. The van der Waals surface area contributed by atoms with Gasteiger partial charge in [0.2, 0.25) is 5.91 Å². The Morgan fingerprint density at radius 3 is 2.40 bits per heavy atom. The number of nitrogens with zero attached hydrogens (tertiary/aromatic N) is 1. The van der Waals surface area contributed by atoms with Crippen LogP contribution in [-0.4, -0.2) is 43.0 Å². The molecule has 0 aromatic heterocycles. The van der Waals surface area contributed by atoms with Crippen LogP contribution in [0.5, 0.6) is 0 Å². The quantitative estimate of drug-likeness (QED) is 0.653. The number of nitrogens with one attached hydrogen (secondary N) is 1. The molecule has 0 saturated heterocycles. The monoisotopic (exact) mass is 215 g/mol. The molecule has 0 bridgehead atoms. The van der Waals surface area contributed by atoms with Gasteiger partial charge in [-0.25, -0.2) is 0 Å². The Bertz CT molecular complexity index is 190. The fraction of sp³-hybridized carbons (Fsp3) is 0.909. The molecule has 4 nitrogen and oxygen atoms in total. The molecule has 0 fully saturated rings. The minimum absolute atomic E-state index is 0.0524. The normalized spacial score (nSPS) is 15.1. The number of carbonyl (C=O) groups is 1. The van der Waals surface area contributed by atoms with Crippen LogP contribution in [0.3, 0.4) is 0 Å². The van der Waals surface area contributed by atoms with Gasteiger partial charge in [0, 0.05) is 19.1 Å². The first-order valence-corrected chi connectivity index (χ1v) is 5.69. The molecule has 0 rings (SSSR count). The second-order valence-corrected chi connectivity index (χ2v) is 4.15. The zero-order chi connectivity index (χ0) is 11.9. The van der Waals surface area contributed by atoms with Gasteiger partial charge >= 0.3 is 0 Å². The van der Waals surface area contributed by atoms with Crippen LogP contribution in [0.25, 0.3) is 0 Å². The van der Waals surface area contributed by atoms with Crippen molar-refractivity contribution >= 4 is 5.91 Å². The van der Waals surface area contributed by atoms with Gasteiger partial charge < -0.3 is 11.1 Å². The summed E-state index contributed by atoms with van der Waals surface area (Å²) in [7, 11) is 1.66. The molecule has 0 aromatic rings. The van der Waals surface area contributed by atoms with E-state index in [1.165, 1.54) is 0 Å². The van der Waals surface area contributed by atoms with Crippen molar-refractivity contribution < 1.29 is 4.79 Å². The van der Waals surface area contributed by atoms with Crippen molar-refractivity contribution in [2.75, 3.05) is 26.7 Å². The van der Waals surface area contributed by atoms with E-state index in [1.54, 1.807) is 7.05 Å². The highest BCUT2D eigenvalue weighted by molar-refractivity contribution is 5.77. The lowest BCUT2D eigenvalue weighted by atomic mass is 9.96. The van der Waals surface area contributed by atoms with Gasteiger partial charge in [0.1, 0.15) is 0 Å². The van der Waals surface area contributed by atoms with Gasteiger partial charge in [0.05, 0.1) is 6.54 Å². The molecule has 0 radical (unpaired) electrons. The summed E-state index contributed by atoms with van der Waals surface area (Å²) in [6, 6.07) is 0.